The summed E-state index contributed by atoms with van der Waals surface area (Å²) < 4.78 is 0. The lowest BCUT2D eigenvalue weighted by Gasteiger charge is -2.19. The van der Waals surface area contributed by atoms with E-state index in [9.17, 15) is 0 Å². The number of thiophene rings is 1. The van der Waals surface area contributed by atoms with Gasteiger partial charge in [0.2, 0.25) is 5.28 Å². The molecule has 0 aliphatic rings. The van der Waals surface area contributed by atoms with Crippen molar-refractivity contribution in [2.24, 2.45) is 0 Å². The van der Waals surface area contributed by atoms with E-state index in [1.165, 1.54) is 16.0 Å². The van der Waals surface area contributed by atoms with Crippen LogP contribution in [0.1, 0.15) is 16.0 Å². The molecule has 3 aromatic rings. The molecule has 2 heterocycles. The van der Waals surface area contributed by atoms with Gasteiger partial charge in [0.1, 0.15) is 10.6 Å². The van der Waals surface area contributed by atoms with Gasteiger partial charge in [0, 0.05) is 18.5 Å². The second kappa shape index (κ2) is 5.62. The molecule has 0 radical (unpaired) electrons. The molecule has 0 saturated carbocycles. The van der Waals surface area contributed by atoms with E-state index in [0.29, 0.717) is 5.28 Å². The first-order valence-electron chi connectivity index (χ1n) is 6.73. The van der Waals surface area contributed by atoms with E-state index in [1.807, 2.05) is 7.05 Å². The van der Waals surface area contributed by atoms with Gasteiger partial charge in [-0.1, -0.05) is 29.8 Å². The molecule has 21 heavy (non-hydrogen) atoms. The van der Waals surface area contributed by atoms with Crippen molar-refractivity contribution in [3.63, 3.8) is 0 Å². The quantitative estimate of drug-likeness (QED) is 0.661. The summed E-state index contributed by atoms with van der Waals surface area (Å²) in [5.74, 6) is 0.885. The van der Waals surface area contributed by atoms with E-state index < -0.39 is 0 Å². The van der Waals surface area contributed by atoms with E-state index in [2.05, 4.69) is 59.0 Å². The van der Waals surface area contributed by atoms with E-state index in [1.54, 1.807) is 11.3 Å². The number of aromatic nitrogens is 2. The number of benzene rings is 1. The van der Waals surface area contributed by atoms with Crippen molar-refractivity contribution in [2.75, 3.05) is 11.9 Å². The minimum absolute atomic E-state index is 0.301. The summed E-state index contributed by atoms with van der Waals surface area (Å²) in [5, 5.41) is 1.37. The highest BCUT2D eigenvalue weighted by Gasteiger charge is 2.13. The summed E-state index contributed by atoms with van der Waals surface area (Å²) in [4.78, 5) is 13.0. The molecule has 0 N–H and O–H groups in total. The standard InChI is InChI=1S/C16H16ClN3S/c1-10-5-4-6-12(7-10)9-20(3)14-13-8-11(2)21-15(13)19-16(17)18-14/h4-8H,9H2,1-3H3. The number of fused-ring (bicyclic) bond motifs is 1. The Morgan fingerprint density at radius 3 is 2.76 bits per heavy atom. The Labute approximate surface area is 133 Å². The van der Waals surface area contributed by atoms with Gasteiger partial charge >= 0.3 is 0 Å². The predicted molar refractivity (Wildman–Crippen MR) is 90.4 cm³/mol. The van der Waals surface area contributed by atoms with Crippen LogP contribution < -0.4 is 4.90 Å². The van der Waals surface area contributed by atoms with E-state index in [0.717, 1.165) is 22.6 Å². The maximum absolute atomic E-state index is 6.06. The van der Waals surface area contributed by atoms with Crippen molar-refractivity contribution in [2.45, 2.75) is 20.4 Å². The number of aryl methyl sites for hydroxylation is 2. The number of anilines is 1. The average molecular weight is 318 g/mol. The zero-order chi connectivity index (χ0) is 15.0. The molecule has 0 aliphatic carbocycles. The number of halogens is 1. The van der Waals surface area contributed by atoms with Gasteiger partial charge in [-0.15, -0.1) is 11.3 Å². The van der Waals surface area contributed by atoms with Crippen LogP contribution in [-0.2, 0) is 6.54 Å². The minimum atomic E-state index is 0.301. The molecule has 2 aromatic heterocycles. The van der Waals surface area contributed by atoms with Crippen LogP contribution in [0.15, 0.2) is 30.3 Å². The molecule has 3 nitrogen and oxygen atoms in total. The molecular formula is C16H16ClN3S. The Kier molecular flexibility index (Phi) is 3.83. The van der Waals surface area contributed by atoms with E-state index in [4.69, 9.17) is 11.6 Å². The highest BCUT2D eigenvalue weighted by Crippen LogP contribution is 2.31. The van der Waals surface area contributed by atoms with Gasteiger partial charge < -0.3 is 4.90 Å². The number of hydrogen-bond acceptors (Lipinski definition) is 4. The second-order valence-electron chi connectivity index (χ2n) is 5.24. The Morgan fingerprint density at radius 1 is 1.19 bits per heavy atom. The zero-order valence-electron chi connectivity index (χ0n) is 12.2. The Hall–Kier alpha value is -1.65. The molecular weight excluding hydrogens is 302 g/mol. The average Bonchev–Trinajstić information content (AvgIpc) is 2.77. The maximum atomic E-state index is 6.06. The van der Waals surface area contributed by atoms with Gasteiger partial charge in [0.05, 0.1) is 5.39 Å². The first kappa shape index (κ1) is 14.3. The van der Waals surface area contributed by atoms with Gasteiger partial charge in [-0.25, -0.2) is 4.98 Å². The van der Waals surface area contributed by atoms with Gasteiger partial charge in [-0.3, -0.25) is 0 Å². The third-order valence-electron chi connectivity index (χ3n) is 3.33. The number of nitrogens with zero attached hydrogens (tertiary/aromatic N) is 3. The molecule has 108 valence electrons. The molecule has 0 fully saturated rings. The minimum Gasteiger partial charge on any atom is -0.355 e. The monoisotopic (exact) mass is 317 g/mol. The van der Waals surface area contributed by atoms with Crippen LogP contribution in [-0.4, -0.2) is 17.0 Å². The first-order chi connectivity index (χ1) is 10.0. The fraction of sp³-hybridized carbons (Fsp3) is 0.250. The SMILES string of the molecule is Cc1cccc(CN(C)c2nc(Cl)nc3sc(C)cc23)c1. The summed E-state index contributed by atoms with van der Waals surface area (Å²) in [6.45, 7) is 4.97. The second-order valence-corrected chi connectivity index (χ2v) is 6.81. The Bertz CT molecular complexity index is 797. The van der Waals surface area contributed by atoms with Crippen LogP contribution in [0.2, 0.25) is 5.28 Å². The highest BCUT2D eigenvalue weighted by atomic mass is 35.5. The van der Waals surface area contributed by atoms with Crippen LogP contribution in [0.25, 0.3) is 10.2 Å². The van der Waals surface area contributed by atoms with Crippen molar-refractivity contribution in [3.05, 3.63) is 51.6 Å². The smallest absolute Gasteiger partial charge is 0.225 e. The van der Waals surface area contributed by atoms with Crippen molar-refractivity contribution in [1.29, 1.82) is 0 Å². The number of hydrogen-bond donors (Lipinski definition) is 0. The fourth-order valence-electron chi connectivity index (χ4n) is 2.45. The third kappa shape index (κ3) is 3.01. The first-order valence-corrected chi connectivity index (χ1v) is 7.93. The van der Waals surface area contributed by atoms with Crippen LogP contribution >= 0.6 is 22.9 Å². The largest absolute Gasteiger partial charge is 0.355 e. The normalized spacial score (nSPS) is 11.0. The zero-order valence-corrected chi connectivity index (χ0v) is 13.8. The lowest BCUT2D eigenvalue weighted by molar-refractivity contribution is 0.900. The van der Waals surface area contributed by atoms with Crippen LogP contribution in [0, 0.1) is 13.8 Å². The summed E-state index contributed by atoms with van der Waals surface area (Å²) in [5.41, 5.74) is 2.52. The molecule has 0 unspecified atom stereocenters. The van der Waals surface area contributed by atoms with Gasteiger partial charge in [-0.2, -0.15) is 4.98 Å². The molecule has 0 spiro atoms. The fourth-order valence-corrected chi connectivity index (χ4v) is 3.54. The number of rotatable bonds is 3. The van der Waals surface area contributed by atoms with Gasteiger partial charge in [0.25, 0.3) is 0 Å². The molecule has 0 atom stereocenters. The van der Waals surface area contributed by atoms with Crippen molar-refractivity contribution < 1.29 is 0 Å². The molecule has 0 saturated heterocycles. The van der Waals surface area contributed by atoms with Crippen LogP contribution in [0.5, 0.6) is 0 Å². The summed E-state index contributed by atoms with van der Waals surface area (Å²) in [6.07, 6.45) is 0. The van der Waals surface area contributed by atoms with Gasteiger partial charge in [0.15, 0.2) is 0 Å². The maximum Gasteiger partial charge on any atom is 0.225 e. The van der Waals surface area contributed by atoms with Gasteiger partial charge in [-0.05, 0) is 37.1 Å². The molecule has 5 heteroatoms. The lowest BCUT2D eigenvalue weighted by Crippen LogP contribution is -2.18. The molecule has 3 rings (SSSR count). The Balaban J connectivity index is 1.99. The summed E-state index contributed by atoms with van der Waals surface area (Å²) >= 11 is 7.71. The Morgan fingerprint density at radius 2 is 2.00 bits per heavy atom. The third-order valence-corrected chi connectivity index (χ3v) is 4.45. The van der Waals surface area contributed by atoms with Crippen molar-refractivity contribution >= 4 is 39.0 Å². The molecule has 0 bridgehead atoms. The predicted octanol–water partition coefficient (Wildman–Crippen LogP) is 4.60. The van der Waals surface area contributed by atoms with E-state index >= 15 is 0 Å². The van der Waals surface area contributed by atoms with Crippen molar-refractivity contribution in [3.8, 4) is 0 Å². The van der Waals surface area contributed by atoms with Crippen LogP contribution in [0.3, 0.4) is 0 Å². The lowest BCUT2D eigenvalue weighted by atomic mass is 10.1. The van der Waals surface area contributed by atoms with Crippen molar-refractivity contribution in [1.82, 2.24) is 9.97 Å². The molecule has 0 aliphatic heterocycles. The molecule has 1 aromatic carbocycles. The van der Waals surface area contributed by atoms with E-state index in [-0.39, 0.29) is 0 Å². The summed E-state index contributed by atoms with van der Waals surface area (Å²) in [7, 11) is 2.04. The molecule has 0 amide bonds. The summed E-state index contributed by atoms with van der Waals surface area (Å²) in [6, 6.07) is 10.6. The van der Waals surface area contributed by atoms with Crippen LogP contribution in [0.4, 0.5) is 5.82 Å². The highest BCUT2D eigenvalue weighted by molar-refractivity contribution is 7.18. The topological polar surface area (TPSA) is 29.0 Å².